The van der Waals surface area contributed by atoms with E-state index in [1.54, 1.807) is 0 Å². The third-order valence-corrected chi connectivity index (χ3v) is 8.82. The smallest absolute Gasteiger partial charge is 0.143 e. The second-order valence-electron chi connectivity index (χ2n) is 11.4. The Labute approximate surface area is 254 Å². The molecule has 0 spiro atoms. The monoisotopic (exact) mass is 561 g/mol. The number of nitrogens with one attached hydrogen (secondary N) is 1. The van der Waals surface area contributed by atoms with Crippen molar-refractivity contribution in [1.82, 2.24) is 4.98 Å². The summed E-state index contributed by atoms with van der Waals surface area (Å²) < 4.78 is 6.77. The van der Waals surface area contributed by atoms with Crippen molar-refractivity contribution in [1.29, 1.82) is 0 Å². The van der Waals surface area contributed by atoms with Gasteiger partial charge >= 0.3 is 0 Å². The third kappa shape index (κ3) is 3.89. The van der Waals surface area contributed by atoms with E-state index in [0.29, 0.717) is 0 Å². The minimum atomic E-state index is 0.891. The van der Waals surface area contributed by atoms with Crippen molar-refractivity contribution >= 4 is 43.7 Å². The fraction of sp³-hybridized carbons (Fsp3) is 0. The van der Waals surface area contributed by atoms with E-state index in [0.717, 1.165) is 44.1 Å². The van der Waals surface area contributed by atoms with Crippen LogP contribution in [-0.2, 0) is 0 Å². The van der Waals surface area contributed by atoms with Crippen LogP contribution in [0, 0.1) is 0 Å². The lowest BCUT2D eigenvalue weighted by molar-refractivity contribution is 0.670. The number of aromatic nitrogens is 1. The molecule has 0 radical (unpaired) electrons. The lowest BCUT2D eigenvalue weighted by Gasteiger charge is -2.12. The van der Waals surface area contributed by atoms with Gasteiger partial charge in [0.2, 0.25) is 0 Å². The number of benzene rings is 7. The average Bonchev–Trinajstić information content (AvgIpc) is 3.68. The minimum absolute atomic E-state index is 0.891. The second kappa shape index (κ2) is 9.86. The molecular formula is C42H27NO. The lowest BCUT2D eigenvalue weighted by atomic mass is 9.91. The zero-order chi connectivity index (χ0) is 29.0. The van der Waals surface area contributed by atoms with Gasteiger partial charge in [-0.3, -0.25) is 0 Å². The first-order valence-corrected chi connectivity index (χ1v) is 15.0. The summed E-state index contributed by atoms with van der Waals surface area (Å²) >= 11 is 0. The fourth-order valence-electron chi connectivity index (χ4n) is 6.74. The first-order valence-electron chi connectivity index (χ1n) is 15.0. The molecule has 2 heteroatoms. The van der Waals surface area contributed by atoms with Crippen LogP contribution in [0.3, 0.4) is 0 Å². The van der Waals surface area contributed by atoms with Gasteiger partial charge < -0.3 is 9.40 Å². The number of rotatable bonds is 4. The van der Waals surface area contributed by atoms with Crippen molar-refractivity contribution in [3.05, 3.63) is 158 Å². The molecule has 0 aliphatic rings. The SMILES string of the molecule is c1ccc(-c2cccc(-c3ccc(-c4cc(-c5ccccc5)cc5c4[nH]c4ccccc45)c4oc5ccccc5c34)c2)cc1. The molecular weight excluding hydrogens is 534 g/mol. The van der Waals surface area contributed by atoms with E-state index in [1.807, 2.05) is 6.07 Å². The second-order valence-corrected chi connectivity index (χ2v) is 11.4. The Morgan fingerprint density at radius 1 is 0.386 bits per heavy atom. The van der Waals surface area contributed by atoms with E-state index >= 15 is 0 Å². The zero-order valence-electron chi connectivity index (χ0n) is 23.9. The van der Waals surface area contributed by atoms with Crippen molar-refractivity contribution in [3.63, 3.8) is 0 Å². The predicted molar refractivity (Wildman–Crippen MR) is 185 cm³/mol. The van der Waals surface area contributed by atoms with Crippen molar-refractivity contribution in [3.8, 4) is 44.5 Å². The average molecular weight is 562 g/mol. The largest absolute Gasteiger partial charge is 0.455 e. The Kier molecular flexibility index (Phi) is 5.54. The maximum absolute atomic E-state index is 6.77. The number of para-hydroxylation sites is 2. The first kappa shape index (κ1) is 24.7. The Hall–Kier alpha value is -5.86. The first-order chi connectivity index (χ1) is 21.8. The molecule has 206 valence electrons. The van der Waals surface area contributed by atoms with Gasteiger partial charge in [-0.1, -0.05) is 121 Å². The molecule has 0 fully saturated rings. The van der Waals surface area contributed by atoms with Gasteiger partial charge in [-0.2, -0.15) is 0 Å². The summed E-state index contributed by atoms with van der Waals surface area (Å²) in [5.41, 5.74) is 13.4. The van der Waals surface area contributed by atoms with E-state index in [2.05, 4.69) is 157 Å². The Morgan fingerprint density at radius 3 is 1.84 bits per heavy atom. The highest BCUT2D eigenvalue weighted by Gasteiger charge is 2.20. The topological polar surface area (TPSA) is 28.9 Å². The summed E-state index contributed by atoms with van der Waals surface area (Å²) in [6.45, 7) is 0. The quantitative estimate of drug-likeness (QED) is 0.227. The van der Waals surface area contributed by atoms with E-state index in [4.69, 9.17) is 4.42 Å². The van der Waals surface area contributed by atoms with Gasteiger partial charge in [-0.05, 0) is 69.8 Å². The van der Waals surface area contributed by atoms with Gasteiger partial charge in [0.15, 0.2) is 0 Å². The number of hydrogen-bond acceptors (Lipinski definition) is 1. The van der Waals surface area contributed by atoms with E-state index in [1.165, 1.54) is 44.2 Å². The molecule has 0 atom stereocenters. The normalized spacial score (nSPS) is 11.6. The number of furan rings is 1. The highest BCUT2D eigenvalue weighted by atomic mass is 16.3. The fourth-order valence-corrected chi connectivity index (χ4v) is 6.74. The predicted octanol–water partition coefficient (Wildman–Crippen LogP) is 11.9. The number of H-pyrrole nitrogens is 1. The molecule has 0 aliphatic carbocycles. The molecule has 0 aliphatic heterocycles. The van der Waals surface area contributed by atoms with Crippen LogP contribution in [0.15, 0.2) is 162 Å². The molecule has 2 heterocycles. The molecule has 0 unspecified atom stereocenters. The molecule has 9 rings (SSSR count). The van der Waals surface area contributed by atoms with Gasteiger partial charge in [-0.15, -0.1) is 0 Å². The number of aromatic amines is 1. The van der Waals surface area contributed by atoms with Crippen LogP contribution in [0.2, 0.25) is 0 Å². The Balaban J connectivity index is 1.35. The van der Waals surface area contributed by atoms with E-state index in [9.17, 15) is 0 Å². The maximum Gasteiger partial charge on any atom is 0.143 e. The highest BCUT2D eigenvalue weighted by molar-refractivity contribution is 6.20. The van der Waals surface area contributed by atoms with Gasteiger partial charge in [0, 0.05) is 38.2 Å². The lowest BCUT2D eigenvalue weighted by Crippen LogP contribution is -1.88. The van der Waals surface area contributed by atoms with Gasteiger partial charge in [-0.25, -0.2) is 0 Å². The molecule has 0 saturated carbocycles. The van der Waals surface area contributed by atoms with Gasteiger partial charge in [0.25, 0.3) is 0 Å². The summed E-state index contributed by atoms with van der Waals surface area (Å²) in [7, 11) is 0. The van der Waals surface area contributed by atoms with Gasteiger partial charge in [0.1, 0.15) is 11.2 Å². The molecule has 44 heavy (non-hydrogen) atoms. The van der Waals surface area contributed by atoms with Crippen molar-refractivity contribution < 1.29 is 4.42 Å². The Bertz CT molecular complexity index is 2480. The van der Waals surface area contributed by atoms with Crippen molar-refractivity contribution in [2.75, 3.05) is 0 Å². The maximum atomic E-state index is 6.77. The van der Waals surface area contributed by atoms with Gasteiger partial charge in [0.05, 0.1) is 5.52 Å². The number of hydrogen-bond donors (Lipinski definition) is 1. The molecule has 0 amide bonds. The minimum Gasteiger partial charge on any atom is -0.455 e. The van der Waals surface area contributed by atoms with Crippen LogP contribution in [-0.4, -0.2) is 4.98 Å². The molecule has 0 bridgehead atoms. The van der Waals surface area contributed by atoms with Crippen molar-refractivity contribution in [2.24, 2.45) is 0 Å². The standard InChI is InChI=1S/C42H27NO/c1-3-12-27(13-4-1)29-16-11-17-30(24-29)32-22-23-34(42-40(32)35-19-8-10-21-39(35)44-42)37-26-31(28-14-5-2-6-15-28)25-36-33-18-7-9-20-38(33)43-41(36)37/h1-26,43H. The van der Waals surface area contributed by atoms with Crippen LogP contribution >= 0.6 is 0 Å². The zero-order valence-corrected chi connectivity index (χ0v) is 23.9. The summed E-state index contributed by atoms with van der Waals surface area (Å²) in [6.07, 6.45) is 0. The molecule has 7 aromatic carbocycles. The van der Waals surface area contributed by atoms with E-state index in [-0.39, 0.29) is 0 Å². The number of fused-ring (bicyclic) bond motifs is 6. The summed E-state index contributed by atoms with van der Waals surface area (Å²) in [5, 5.41) is 4.69. The van der Waals surface area contributed by atoms with Crippen LogP contribution in [0.25, 0.3) is 88.3 Å². The van der Waals surface area contributed by atoms with Crippen LogP contribution in [0.4, 0.5) is 0 Å². The van der Waals surface area contributed by atoms with Crippen LogP contribution in [0.5, 0.6) is 0 Å². The Morgan fingerprint density at radius 2 is 1.02 bits per heavy atom. The van der Waals surface area contributed by atoms with Crippen LogP contribution in [0.1, 0.15) is 0 Å². The van der Waals surface area contributed by atoms with Crippen LogP contribution < -0.4 is 0 Å². The third-order valence-electron chi connectivity index (χ3n) is 8.82. The molecule has 2 nitrogen and oxygen atoms in total. The van der Waals surface area contributed by atoms with Crippen molar-refractivity contribution in [2.45, 2.75) is 0 Å². The summed E-state index contributed by atoms with van der Waals surface area (Å²) in [6, 6.07) is 56.1. The highest BCUT2D eigenvalue weighted by Crippen LogP contribution is 2.45. The van der Waals surface area contributed by atoms with E-state index < -0.39 is 0 Å². The summed E-state index contributed by atoms with van der Waals surface area (Å²) in [5.74, 6) is 0. The molecule has 0 saturated heterocycles. The molecule has 2 aromatic heterocycles. The summed E-state index contributed by atoms with van der Waals surface area (Å²) in [4.78, 5) is 3.75. The molecule has 1 N–H and O–H groups in total. The molecule has 9 aromatic rings.